The molecule has 0 spiro atoms. The predicted molar refractivity (Wildman–Crippen MR) is 84.8 cm³/mol. The Morgan fingerprint density at radius 2 is 1.70 bits per heavy atom. The number of aromatic carboxylic acids is 1. The summed E-state index contributed by atoms with van der Waals surface area (Å²) in [5.74, 6) is -0.0818. The van der Waals surface area contributed by atoms with Crippen LogP contribution in [0.15, 0.2) is 39.3 Å². The molecular weight excluding hydrogens is 388 g/mol. The van der Waals surface area contributed by atoms with Crippen molar-refractivity contribution in [3.63, 3.8) is 0 Å². The van der Waals surface area contributed by atoms with E-state index in [1.165, 1.54) is 6.07 Å². The van der Waals surface area contributed by atoms with E-state index in [9.17, 15) is 9.90 Å². The number of carboxylic acid groups (broad SMARTS) is 1. The second-order valence-electron chi connectivity index (χ2n) is 4.42. The summed E-state index contributed by atoms with van der Waals surface area (Å²) in [6.07, 6.45) is 0. The van der Waals surface area contributed by atoms with Gasteiger partial charge < -0.3 is 9.84 Å². The van der Waals surface area contributed by atoms with E-state index in [0.717, 1.165) is 15.6 Å². The quantitative estimate of drug-likeness (QED) is 0.759. The molecule has 2 rings (SSSR count). The highest BCUT2D eigenvalue weighted by atomic mass is 79.9. The van der Waals surface area contributed by atoms with Crippen molar-refractivity contribution in [3.05, 3.63) is 56.0 Å². The normalized spacial score (nSPS) is 10.4. The first-order valence-corrected chi connectivity index (χ1v) is 7.44. The van der Waals surface area contributed by atoms with Gasteiger partial charge in [0.1, 0.15) is 17.1 Å². The third-order valence-corrected chi connectivity index (χ3v) is 4.55. The van der Waals surface area contributed by atoms with Gasteiger partial charge in [-0.05, 0) is 55.3 Å². The predicted octanol–water partition coefficient (Wildman–Crippen LogP) is 5.32. The molecule has 104 valence electrons. The first kappa shape index (κ1) is 15.1. The molecule has 1 N–H and O–H groups in total. The highest BCUT2D eigenvalue weighted by molar-refractivity contribution is 9.10. The van der Waals surface area contributed by atoms with Crippen molar-refractivity contribution in [2.24, 2.45) is 0 Å². The van der Waals surface area contributed by atoms with Crippen LogP contribution in [0, 0.1) is 13.8 Å². The summed E-state index contributed by atoms with van der Waals surface area (Å²) in [4.78, 5) is 11.2. The molecule has 0 bridgehead atoms. The molecule has 0 aliphatic carbocycles. The lowest BCUT2D eigenvalue weighted by atomic mass is 10.1. The van der Waals surface area contributed by atoms with Crippen LogP contribution < -0.4 is 4.74 Å². The number of carboxylic acids is 1. The molecule has 0 aromatic heterocycles. The zero-order valence-corrected chi connectivity index (χ0v) is 14.1. The van der Waals surface area contributed by atoms with Gasteiger partial charge in [-0.1, -0.05) is 31.9 Å². The minimum atomic E-state index is -1.02. The Morgan fingerprint density at radius 1 is 1.10 bits per heavy atom. The molecule has 0 saturated carbocycles. The number of ether oxygens (including phenoxy) is 1. The maximum Gasteiger partial charge on any atom is 0.339 e. The second-order valence-corrected chi connectivity index (χ2v) is 6.13. The maximum atomic E-state index is 11.2. The fraction of sp³-hybridized carbons (Fsp3) is 0.133. The molecule has 0 atom stereocenters. The largest absolute Gasteiger partial charge is 0.478 e. The Bertz CT molecular complexity index is 658. The van der Waals surface area contributed by atoms with Gasteiger partial charge in [-0.15, -0.1) is 0 Å². The average Bonchev–Trinajstić information content (AvgIpc) is 2.37. The lowest BCUT2D eigenvalue weighted by Gasteiger charge is -2.12. The third kappa shape index (κ3) is 3.22. The fourth-order valence-electron chi connectivity index (χ4n) is 1.85. The van der Waals surface area contributed by atoms with Crippen LogP contribution in [0.5, 0.6) is 11.5 Å². The third-order valence-electron chi connectivity index (χ3n) is 2.81. The first-order valence-electron chi connectivity index (χ1n) is 5.86. The van der Waals surface area contributed by atoms with E-state index in [-0.39, 0.29) is 5.56 Å². The summed E-state index contributed by atoms with van der Waals surface area (Å²) in [6, 6.07) is 8.65. The minimum absolute atomic E-state index is 0.123. The van der Waals surface area contributed by atoms with Crippen LogP contribution in [-0.4, -0.2) is 11.1 Å². The zero-order chi connectivity index (χ0) is 14.9. The van der Waals surface area contributed by atoms with Gasteiger partial charge in [0.15, 0.2) is 0 Å². The van der Waals surface area contributed by atoms with Gasteiger partial charge in [-0.3, -0.25) is 0 Å². The number of hydrogen-bond acceptors (Lipinski definition) is 2. The van der Waals surface area contributed by atoms with E-state index in [1.807, 2.05) is 26.0 Å². The molecule has 0 saturated heterocycles. The number of hydrogen-bond donors (Lipinski definition) is 1. The lowest BCUT2D eigenvalue weighted by molar-refractivity contribution is 0.0694. The number of halogens is 2. The van der Waals surface area contributed by atoms with E-state index in [0.29, 0.717) is 16.0 Å². The molecule has 0 heterocycles. The molecule has 0 aliphatic heterocycles. The molecule has 2 aromatic rings. The SMILES string of the molecule is Cc1cc(Oc2ccc(Br)cc2C(=O)O)cc(C)c1Br. The van der Waals surface area contributed by atoms with Crippen LogP contribution in [0.2, 0.25) is 0 Å². The Balaban J connectivity index is 2.42. The highest BCUT2D eigenvalue weighted by Crippen LogP contribution is 2.32. The summed E-state index contributed by atoms with van der Waals surface area (Å²) in [5, 5.41) is 9.21. The topological polar surface area (TPSA) is 46.5 Å². The number of rotatable bonds is 3. The minimum Gasteiger partial charge on any atom is -0.478 e. The van der Waals surface area contributed by atoms with Crippen molar-refractivity contribution in [3.8, 4) is 11.5 Å². The Hall–Kier alpha value is -1.33. The van der Waals surface area contributed by atoms with Crippen LogP contribution in [-0.2, 0) is 0 Å². The number of benzene rings is 2. The van der Waals surface area contributed by atoms with Gasteiger partial charge in [0.05, 0.1) is 0 Å². The van der Waals surface area contributed by atoms with Gasteiger partial charge in [-0.2, -0.15) is 0 Å². The van der Waals surface area contributed by atoms with Crippen molar-refractivity contribution in [2.75, 3.05) is 0 Å². The van der Waals surface area contributed by atoms with Crippen LogP contribution in [0.1, 0.15) is 21.5 Å². The van der Waals surface area contributed by atoms with Crippen LogP contribution in [0.4, 0.5) is 0 Å². The molecule has 0 amide bonds. The molecule has 5 heteroatoms. The summed E-state index contributed by atoms with van der Waals surface area (Å²) in [7, 11) is 0. The van der Waals surface area contributed by atoms with E-state index < -0.39 is 5.97 Å². The van der Waals surface area contributed by atoms with Crippen molar-refractivity contribution >= 4 is 37.8 Å². The van der Waals surface area contributed by atoms with Crippen molar-refractivity contribution in [1.29, 1.82) is 0 Å². The van der Waals surface area contributed by atoms with Crippen LogP contribution >= 0.6 is 31.9 Å². The van der Waals surface area contributed by atoms with Gasteiger partial charge >= 0.3 is 5.97 Å². The number of aryl methyl sites for hydroxylation is 2. The first-order chi connectivity index (χ1) is 9.38. The van der Waals surface area contributed by atoms with Crippen LogP contribution in [0.3, 0.4) is 0 Å². The van der Waals surface area contributed by atoms with Crippen molar-refractivity contribution in [1.82, 2.24) is 0 Å². The lowest BCUT2D eigenvalue weighted by Crippen LogP contribution is -2.00. The second kappa shape index (κ2) is 5.97. The molecule has 3 nitrogen and oxygen atoms in total. The van der Waals surface area contributed by atoms with E-state index >= 15 is 0 Å². The highest BCUT2D eigenvalue weighted by Gasteiger charge is 2.13. The molecule has 0 fully saturated rings. The monoisotopic (exact) mass is 398 g/mol. The van der Waals surface area contributed by atoms with E-state index in [2.05, 4.69) is 31.9 Å². The van der Waals surface area contributed by atoms with Crippen molar-refractivity contribution in [2.45, 2.75) is 13.8 Å². The Morgan fingerprint density at radius 3 is 2.25 bits per heavy atom. The molecule has 0 aliphatic rings. The Labute approximate surface area is 133 Å². The molecule has 2 aromatic carbocycles. The smallest absolute Gasteiger partial charge is 0.339 e. The van der Waals surface area contributed by atoms with Gasteiger partial charge in [0, 0.05) is 8.95 Å². The van der Waals surface area contributed by atoms with Gasteiger partial charge in [0.2, 0.25) is 0 Å². The Kier molecular flexibility index (Phi) is 4.50. The maximum absolute atomic E-state index is 11.2. The fourth-order valence-corrected chi connectivity index (χ4v) is 2.44. The summed E-state index contributed by atoms with van der Waals surface area (Å²) < 4.78 is 7.45. The molecule has 0 radical (unpaired) electrons. The number of carbonyl (C=O) groups is 1. The van der Waals surface area contributed by atoms with E-state index in [1.54, 1.807) is 12.1 Å². The van der Waals surface area contributed by atoms with E-state index in [4.69, 9.17) is 4.74 Å². The molecular formula is C15H12Br2O3. The van der Waals surface area contributed by atoms with Crippen molar-refractivity contribution < 1.29 is 14.6 Å². The zero-order valence-electron chi connectivity index (χ0n) is 10.9. The van der Waals surface area contributed by atoms with Crippen LogP contribution in [0.25, 0.3) is 0 Å². The summed E-state index contributed by atoms with van der Waals surface area (Å²) >= 11 is 6.75. The van der Waals surface area contributed by atoms with Gasteiger partial charge in [-0.25, -0.2) is 4.79 Å². The molecule has 20 heavy (non-hydrogen) atoms. The molecule has 0 unspecified atom stereocenters. The summed E-state index contributed by atoms with van der Waals surface area (Å²) in [6.45, 7) is 3.92. The average molecular weight is 400 g/mol. The summed E-state index contributed by atoms with van der Waals surface area (Å²) in [5.41, 5.74) is 2.19. The van der Waals surface area contributed by atoms with Gasteiger partial charge in [0.25, 0.3) is 0 Å². The standard InChI is InChI=1S/C15H12Br2O3/c1-8-5-11(6-9(2)14(8)17)20-13-4-3-10(16)7-12(13)15(18)19/h3-7H,1-2H3,(H,18,19).